The molecule has 0 bridgehead atoms. The highest BCUT2D eigenvalue weighted by molar-refractivity contribution is 5.73. The SMILES string of the molecule is CCC(C(=O)O)C1(c2ccc(C)c(C)c2C)COC1. The van der Waals surface area contributed by atoms with Crippen LogP contribution in [-0.4, -0.2) is 24.3 Å². The van der Waals surface area contributed by atoms with E-state index in [-0.39, 0.29) is 11.3 Å². The fraction of sp³-hybridized carbons (Fsp3) is 0.562. The second-order valence-electron chi connectivity index (χ2n) is 5.63. The summed E-state index contributed by atoms with van der Waals surface area (Å²) in [6.45, 7) is 9.25. The Balaban J connectivity index is 2.53. The third kappa shape index (κ3) is 2.06. The lowest BCUT2D eigenvalue weighted by Gasteiger charge is -2.46. The zero-order valence-electron chi connectivity index (χ0n) is 12.1. The van der Waals surface area contributed by atoms with Crippen molar-refractivity contribution in [3.05, 3.63) is 34.4 Å². The minimum Gasteiger partial charge on any atom is -0.481 e. The molecular formula is C16H22O3. The van der Waals surface area contributed by atoms with Gasteiger partial charge >= 0.3 is 5.97 Å². The summed E-state index contributed by atoms with van der Waals surface area (Å²) in [7, 11) is 0. The molecule has 1 unspecified atom stereocenters. The minimum atomic E-state index is -0.719. The molecule has 1 saturated heterocycles. The van der Waals surface area contributed by atoms with Crippen molar-refractivity contribution < 1.29 is 14.6 Å². The van der Waals surface area contributed by atoms with Crippen molar-refractivity contribution in [2.45, 2.75) is 39.5 Å². The van der Waals surface area contributed by atoms with E-state index < -0.39 is 5.97 Å². The second-order valence-corrected chi connectivity index (χ2v) is 5.63. The molecule has 0 amide bonds. The highest BCUT2D eigenvalue weighted by atomic mass is 16.5. The number of carboxylic acid groups (broad SMARTS) is 1. The molecule has 1 aromatic rings. The van der Waals surface area contributed by atoms with Crippen LogP contribution in [0.2, 0.25) is 0 Å². The molecule has 0 aromatic heterocycles. The normalized spacial score (nSPS) is 18.7. The van der Waals surface area contributed by atoms with Crippen LogP contribution >= 0.6 is 0 Å². The molecule has 1 aliphatic heterocycles. The number of aliphatic carboxylic acids is 1. The summed E-state index contributed by atoms with van der Waals surface area (Å²) in [6, 6.07) is 4.18. The Hall–Kier alpha value is -1.35. The average Bonchev–Trinajstić information content (AvgIpc) is 2.31. The number of ether oxygens (including phenoxy) is 1. The molecule has 1 aliphatic rings. The number of benzene rings is 1. The zero-order valence-corrected chi connectivity index (χ0v) is 12.1. The number of rotatable bonds is 4. The first-order valence-corrected chi connectivity index (χ1v) is 6.82. The van der Waals surface area contributed by atoms with Gasteiger partial charge in [-0.1, -0.05) is 19.1 Å². The zero-order chi connectivity index (χ0) is 14.2. The largest absolute Gasteiger partial charge is 0.481 e. The van der Waals surface area contributed by atoms with Crippen LogP contribution in [0.4, 0.5) is 0 Å². The van der Waals surface area contributed by atoms with Gasteiger partial charge in [0.2, 0.25) is 0 Å². The lowest BCUT2D eigenvalue weighted by molar-refractivity contribution is -0.157. The smallest absolute Gasteiger partial charge is 0.307 e. The fourth-order valence-electron chi connectivity index (χ4n) is 3.16. The van der Waals surface area contributed by atoms with Crippen LogP contribution in [0.15, 0.2) is 12.1 Å². The van der Waals surface area contributed by atoms with E-state index in [9.17, 15) is 9.90 Å². The Morgan fingerprint density at radius 1 is 1.32 bits per heavy atom. The first-order valence-electron chi connectivity index (χ1n) is 6.82. The van der Waals surface area contributed by atoms with Crippen molar-refractivity contribution in [3.63, 3.8) is 0 Å². The minimum absolute atomic E-state index is 0.344. The van der Waals surface area contributed by atoms with Gasteiger partial charge in [0.25, 0.3) is 0 Å². The van der Waals surface area contributed by atoms with E-state index in [2.05, 4.69) is 32.9 Å². The predicted octanol–water partition coefficient (Wildman–Crippen LogP) is 2.99. The van der Waals surface area contributed by atoms with Crippen molar-refractivity contribution >= 4 is 5.97 Å². The summed E-state index contributed by atoms with van der Waals surface area (Å²) in [6.07, 6.45) is 0.630. The molecule has 1 heterocycles. The van der Waals surface area contributed by atoms with Gasteiger partial charge in [-0.25, -0.2) is 0 Å². The van der Waals surface area contributed by atoms with E-state index in [1.165, 1.54) is 16.7 Å². The van der Waals surface area contributed by atoms with Gasteiger partial charge in [0, 0.05) is 0 Å². The Morgan fingerprint density at radius 2 is 1.95 bits per heavy atom. The van der Waals surface area contributed by atoms with Crippen LogP contribution < -0.4 is 0 Å². The Bertz CT molecular complexity index is 501. The van der Waals surface area contributed by atoms with Crippen LogP contribution in [0.3, 0.4) is 0 Å². The van der Waals surface area contributed by atoms with E-state index >= 15 is 0 Å². The van der Waals surface area contributed by atoms with E-state index in [4.69, 9.17) is 4.74 Å². The monoisotopic (exact) mass is 262 g/mol. The van der Waals surface area contributed by atoms with Gasteiger partial charge in [0.05, 0.1) is 24.5 Å². The van der Waals surface area contributed by atoms with Crippen molar-refractivity contribution in [1.29, 1.82) is 0 Å². The number of hydrogen-bond donors (Lipinski definition) is 1. The Labute approximate surface area is 114 Å². The van der Waals surface area contributed by atoms with Crippen LogP contribution in [0.1, 0.15) is 35.6 Å². The maximum Gasteiger partial charge on any atom is 0.307 e. The van der Waals surface area contributed by atoms with Gasteiger partial charge in [-0.3, -0.25) is 4.79 Å². The van der Waals surface area contributed by atoms with Gasteiger partial charge in [-0.15, -0.1) is 0 Å². The molecule has 0 aliphatic carbocycles. The summed E-state index contributed by atoms with van der Waals surface area (Å²) in [5.74, 6) is -1.09. The lowest BCUT2D eigenvalue weighted by atomic mass is 9.66. The van der Waals surface area contributed by atoms with Gasteiger partial charge < -0.3 is 9.84 Å². The number of carbonyl (C=O) groups is 1. The summed E-state index contributed by atoms with van der Waals surface area (Å²) >= 11 is 0. The molecule has 3 nitrogen and oxygen atoms in total. The molecule has 2 rings (SSSR count). The maximum atomic E-state index is 11.6. The molecule has 1 N–H and O–H groups in total. The molecule has 1 aromatic carbocycles. The molecule has 19 heavy (non-hydrogen) atoms. The Morgan fingerprint density at radius 3 is 2.37 bits per heavy atom. The quantitative estimate of drug-likeness (QED) is 0.907. The van der Waals surface area contributed by atoms with Crippen LogP contribution in [0, 0.1) is 26.7 Å². The number of hydrogen-bond acceptors (Lipinski definition) is 2. The number of aryl methyl sites for hydroxylation is 1. The topological polar surface area (TPSA) is 46.5 Å². The van der Waals surface area contributed by atoms with Crippen molar-refractivity contribution in [1.82, 2.24) is 0 Å². The highest BCUT2D eigenvalue weighted by Gasteiger charge is 2.50. The molecular weight excluding hydrogens is 240 g/mol. The summed E-state index contributed by atoms with van der Waals surface area (Å²) < 4.78 is 5.39. The van der Waals surface area contributed by atoms with Gasteiger partial charge in [-0.2, -0.15) is 0 Å². The molecule has 0 radical (unpaired) electrons. The van der Waals surface area contributed by atoms with E-state index in [1.54, 1.807) is 0 Å². The van der Waals surface area contributed by atoms with Crippen molar-refractivity contribution in [3.8, 4) is 0 Å². The van der Waals surface area contributed by atoms with Gasteiger partial charge in [-0.05, 0) is 49.4 Å². The van der Waals surface area contributed by atoms with Crippen molar-refractivity contribution in [2.75, 3.05) is 13.2 Å². The third-order valence-electron chi connectivity index (χ3n) is 4.69. The lowest BCUT2D eigenvalue weighted by Crippen LogP contribution is -2.55. The first kappa shape index (κ1) is 14.1. The third-order valence-corrected chi connectivity index (χ3v) is 4.69. The molecule has 1 fully saturated rings. The van der Waals surface area contributed by atoms with E-state index in [1.807, 2.05) is 6.92 Å². The maximum absolute atomic E-state index is 11.6. The van der Waals surface area contributed by atoms with Gasteiger partial charge in [0.15, 0.2) is 0 Å². The number of carboxylic acids is 1. The van der Waals surface area contributed by atoms with Crippen LogP contribution in [0.5, 0.6) is 0 Å². The second kappa shape index (κ2) is 4.97. The molecule has 1 atom stereocenters. The fourth-order valence-corrected chi connectivity index (χ4v) is 3.16. The van der Waals surface area contributed by atoms with Gasteiger partial charge in [0.1, 0.15) is 0 Å². The van der Waals surface area contributed by atoms with E-state index in [0.717, 1.165) is 5.56 Å². The molecule has 3 heteroatoms. The molecule has 104 valence electrons. The predicted molar refractivity (Wildman–Crippen MR) is 74.6 cm³/mol. The summed E-state index contributed by atoms with van der Waals surface area (Å²) in [5.41, 5.74) is 4.52. The summed E-state index contributed by atoms with van der Waals surface area (Å²) in [5, 5.41) is 9.49. The first-order chi connectivity index (χ1) is 8.94. The molecule has 0 spiro atoms. The average molecular weight is 262 g/mol. The van der Waals surface area contributed by atoms with Crippen LogP contribution in [0.25, 0.3) is 0 Å². The highest BCUT2D eigenvalue weighted by Crippen LogP contribution is 2.43. The van der Waals surface area contributed by atoms with E-state index in [0.29, 0.717) is 19.6 Å². The Kier molecular flexibility index (Phi) is 3.68. The summed E-state index contributed by atoms with van der Waals surface area (Å²) in [4.78, 5) is 11.6. The van der Waals surface area contributed by atoms with Crippen molar-refractivity contribution in [2.24, 2.45) is 5.92 Å². The standard InChI is InChI=1S/C16H22O3/c1-5-13(15(17)18)16(8-19-9-16)14-7-6-10(2)11(3)12(14)4/h6-7,13H,5,8-9H2,1-4H3,(H,17,18). The molecule has 0 saturated carbocycles. The van der Waals surface area contributed by atoms with Crippen LogP contribution in [-0.2, 0) is 14.9 Å².